The van der Waals surface area contributed by atoms with Crippen molar-refractivity contribution in [2.24, 2.45) is 11.8 Å². The van der Waals surface area contributed by atoms with Gasteiger partial charge in [0, 0.05) is 26.2 Å². The van der Waals surface area contributed by atoms with Crippen LogP contribution in [0, 0.1) is 17.7 Å². The molecule has 0 saturated carbocycles. The molecule has 9 heteroatoms. The second-order valence-electron chi connectivity index (χ2n) is 7.55. The predicted octanol–water partition coefficient (Wildman–Crippen LogP) is 2.52. The number of rotatable bonds is 7. The summed E-state index contributed by atoms with van der Waals surface area (Å²) in [5.41, 5.74) is -0.508. The van der Waals surface area contributed by atoms with E-state index in [1.807, 2.05) is 0 Å². The summed E-state index contributed by atoms with van der Waals surface area (Å²) in [6.07, 6.45) is 1.03. The van der Waals surface area contributed by atoms with Crippen LogP contribution in [-0.2, 0) is 19.6 Å². The van der Waals surface area contributed by atoms with Gasteiger partial charge >= 0.3 is 5.97 Å². The Morgan fingerprint density at radius 2 is 1.76 bits per heavy atom. The molecular weight excluding hydrogens is 399 g/mol. The van der Waals surface area contributed by atoms with E-state index in [0.29, 0.717) is 24.9 Å². The van der Waals surface area contributed by atoms with E-state index in [1.165, 1.54) is 4.31 Å². The van der Waals surface area contributed by atoms with Crippen LogP contribution in [0.3, 0.4) is 0 Å². The van der Waals surface area contributed by atoms with E-state index in [2.05, 4.69) is 13.8 Å². The number of hydrogen-bond donors (Lipinski definition) is 0. The van der Waals surface area contributed by atoms with Crippen LogP contribution in [-0.4, -0.2) is 62.3 Å². The molecule has 0 N–H and O–H groups in total. The van der Waals surface area contributed by atoms with Gasteiger partial charge in [0.2, 0.25) is 10.0 Å². The number of likely N-dealkylation sites (tertiary alicyclic amines) is 1. The van der Waals surface area contributed by atoms with Crippen molar-refractivity contribution in [3.63, 3.8) is 0 Å². The van der Waals surface area contributed by atoms with Gasteiger partial charge in [-0.25, -0.2) is 17.6 Å². The molecule has 29 heavy (non-hydrogen) atoms. The highest BCUT2D eigenvalue weighted by Gasteiger charge is 2.28. The molecular formula is C20H29FN2O5S. The van der Waals surface area contributed by atoms with E-state index in [4.69, 9.17) is 4.74 Å². The van der Waals surface area contributed by atoms with Crippen molar-refractivity contribution >= 4 is 21.9 Å². The quantitative estimate of drug-likeness (QED) is 0.623. The van der Waals surface area contributed by atoms with E-state index in [9.17, 15) is 22.4 Å². The first-order valence-corrected chi connectivity index (χ1v) is 11.3. The first kappa shape index (κ1) is 23.3. The topological polar surface area (TPSA) is 84.0 Å². The van der Waals surface area contributed by atoms with Crippen molar-refractivity contribution in [3.8, 4) is 0 Å². The van der Waals surface area contributed by atoms with Crippen LogP contribution in [0.15, 0.2) is 23.1 Å². The van der Waals surface area contributed by atoms with E-state index in [1.54, 1.807) is 18.7 Å². The number of carbonyl (C=O) groups excluding carboxylic acids is 2. The summed E-state index contributed by atoms with van der Waals surface area (Å²) in [7, 11) is -3.85. The van der Waals surface area contributed by atoms with Crippen molar-refractivity contribution in [2.75, 3.05) is 32.8 Å². The second kappa shape index (κ2) is 9.67. The van der Waals surface area contributed by atoms with E-state index < -0.39 is 34.0 Å². The molecule has 2 rings (SSSR count). The summed E-state index contributed by atoms with van der Waals surface area (Å²) < 4.78 is 45.6. The Morgan fingerprint density at radius 3 is 2.31 bits per heavy atom. The highest BCUT2D eigenvalue weighted by molar-refractivity contribution is 7.89. The van der Waals surface area contributed by atoms with E-state index >= 15 is 0 Å². The number of benzene rings is 1. The predicted molar refractivity (Wildman–Crippen MR) is 106 cm³/mol. The average molecular weight is 429 g/mol. The van der Waals surface area contributed by atoms with Gasteiger partial charge < -0.3 is 9.64 Å². The van der Waals surface area contributed by atoms with Crippen LogP contribution in [0.2, 0.25) is 0 Å². The molecule has 0 radical (unpaired) electrons. The third-order valence-corrected chi connectivity index (χ3v) is 7.10. The standard InChI is InChI=1S/C20H29FN2O5S/c1-5-23(6-2)29(26,27)16-7-8-18(21)17(10-16)20(25)28-13-19(24)22-11-14(3)9-15(4)12-22/h7-8,10,14-15H,5-6,9,11-13H2,1-4H3/t14-,15-/m0/s1. The Morgan fingerprint density at radius 1 is 1.17 bits per heavy atom. The summed E-state index contributed by atoms with van der Waals surface area (Å²) in [5, 5.41) is 0. The zero-order chi connectivity index (χ0) is 21.8. The maximum Gasteiger partial charge on any atom is 0.341 e. The van der Waals surface area contributed by atoms with Crippen molar-refractivity contribution in [2.45, 2.75) is 39.0 Å². The average Bonchev–Trinajstić information content (AvgIpc) is 2.66. The molecule has 1 saturated heterocycles. The molecule has 1 aliphatic rings. The minimum Gasteiger partial charge on any atom is -0.452 e. The number of amides is 1. The Balaban J connectivity index is 2.12. The highest BCUT2D eigenvalue weighted by Crippen LogP contribution is 2.22. The first-order valence-electron chi connectivity index (χ1n) is 9.84. The number of hydrogen-bond acceptors (Lipinski definition) is 5. The van der Waals surface area contributed by atoms with Crippen LogP contribution in [0.5, 0.6) is 0 Å². The number of carbonyl (C=O) groups is 2. The molecule has 162 valence electrons. The normalized spacial score (nSPS) is 20.0. The van der Waals surface area contributed by atoms with Gasteiger partial charge in [-0.1, -0.05) is 27.7 Å². The van der Waals surface area contributed by atoms with Crippen LogP contribution < -0.4 is 0 Å². The summed E-state index contributed by atoms with van der Waals surface area (Å²) in [6.45, 7) is 8.65. The van der Waals surface area contributed by atoms with Gasteiger partial charge in [-0.15, -0.1) is 0 Å². The third-order valence-electron chi connectivity index (χ3n) is 5.05. The molecule has 2 atom stereocenters. The number of sulfonamides is 1. The molecule has 1 amide bonds. The molecule has 0 unspecified atom stereocenters. The van der Waals surface area contributed by atoms with Gasteiger partial charge in [-0.3, -0.25) is 4.79 Å². The first-order chi connectivity index (χ1) is 13.6. The smallest absolute Gasteiger partial charge is 0.341 e. The van der Waals surface area contributed by atoms with Gasteiger partial charge in [0.15, 0.2) is 6.61 Å². The summed E-state index contributed by atoms with van der Waals surface area (Å²) in [4.78, 5) is 26.1. The lowest BCUT2D eigenvalue weighted by Gasteiger charge is -2.34. The summed E-state index contributed by atoms with van der Waals surface area (Å²) in [6, 6.07) is 2.99. The third kappa shape index (κ3) is 5.54. The van der Waals surface area contributed by atoms with Gasteiger partial charge in [0.1, 0.15) is 5.82 Å². The Kier molecular flexibility index (Phi) is 7.76. The van der Waals surface area contributed by atoms with Crippen molar-refractivity contribution in [1.29, 1.82) is 0 Å². The molecule has 0 aromatic heterocycles. The van der Waals surface area contributed by atoms with Crippen LogP contribution in [0.1, 0.15) is 44.5 Å². The Bertz CT molecular complexity index is 844. The lowest BCUT2D eigenvalue weighted by molar-refractivity contribution is -0.137. The number of ether oxygens (including phenoxy) is 1. The molecule has 1 aromatic carbocycles. The molecule has 7 nitrogen and oxygen atoms in total. The van der Waals surface area contributed by atoms with Crippen molar-refractivity contribution in [3.05, 3.63) is 29.6 Å². The minimum atomic E-state index is -3.85. The maximum absolute atomic E-state index is 14.2. The van der Waals surface area contributed by atoms with Gasteiger partial charge in [-0.05, 0) is 36.5 Å². The van der Waals surface area contributed by atoms with Gasteiger partial charge in [0.05, 0.1) is 10.5 Å². The molecule has 0 aliphatic carbocycles. The fraction of sp³-hybridized carbons (Fsp3) is 0.600. The molecule has 0 bridgehead atoms. The molecule has 1 fully saturated rings. The zero-order valence-electron chi connectivity index (χ0n) is 17.4. The van der Waals surface area contributed by atoms with Crippen LogP contribution >= 0.6 is 0 Å². The van der Waals surface area contributed by atoms with Crippen molar-refractivity contribution in [1.82, 2.24) is 9.21 Å². The Labute approximate surface area is 171 Å². The van der Waals surface area contributed by atoms with Crippen LogP contribution in [0.4, 0.5) is 4.39 Å². The number of nitrogens with zero attached hydrogens (tertiary/aromatic N) is 2. The van der Waals surface area contributed by atoms with E-state index in [0.717, 1.165) is 24.6 Å². The second-order valence-corrected chi connectivity index (χ2v) is 9.49. The SMILES string of the molecule is CCN(CC)S(=O)(=O)c1ccc(F)c(C(=O)OCC(=O)N2C[C@@H](C)C[C@H](C)C2)c1. The highest BCUT2D eigenvalue weighted by atomic mass is 32.2. The molecule has 1 heterocycles. The zero-order valence-corrected chi connectivity index (χ0v) is 18.2. The lowest BCUT2D eigenvalue weighted by atomic mass is 9.92. The fourth-order valence-electron chi connectivity index (χ4n) is 3.70. The largest absolute Gasteiger partial charge is 0.452 e. The number of piperidine rings is 1. The summed E-state index contributed by atoms with van der Waals surface area (Å²) in [5.74, 6) is -1.59. The molecule has 1 aromatic rings. The van der Waals surface area contributed by atoms with Crippen LogP contribution in [0.25, 0.3) is 0 Å². The molecule has 1 aliphatic heterocycles. The maximum atomic E-state index is 14.2. The molecule has 0 spiro atoms. The summed E-state index contributed by atoms with van der Waals surface area (Å²) >= 11 is 0. The minimum absolute atomic E-state index is 0.195. The number of esters is 1. The number of halogens is 1. The van der Waals surface area contributed by atoms with Gasteiger partial charge in [-0.2, -0.15) is 4.31 Å². The van der Waals surface area contributed by atoms with Gasteiger partial charge in [0.25, 0.3) is 5.91 Å². The van der Waals surface area contributed by atoms with Crippen molar-refractivity contribution < 1.29 is 27.1 Å². The fourth-order valence-corrected chi connectivity index (χ4v) is 5.18. The Hall–Kier alpha value is -2.00. The lowest BCUT2D eigenvalue weighted by Crippen LogP contribution is -2.44. The van der Waals surface area contributed by atoms with E-state index in [-0.39, 0.29) is 23.9 Å². The monoisotopic (exact) mass is 428 g/mol.